The summed E-state index contributed by atoms with van der Waals surface area (Å²) in [7, 11) is 1.79. The Kier molecular flexibility index (Phi) is 4.28. The molecule has 1 aromatic heterocycles. The van der Waals surface area contributed by atoms with Gasteiger partial charge in [0.05, 0.1) is 6.42 Å². The SMILES string of the molecule is CNC(C)Cc1noc(CCC(F)(F)F)n1. The van der Waals surface area contributed by atoms with Crippen LogP contribution in [-0.2, 0) is 12.8 Å². The minimum Gasteiger partial charge on any atom is -0.339 e. The third-order valence-electron chi connectivity index (χ3n) is 2.11. The summed E-state index contributed by atoms with van der Waals surface area (Å²) in [5, 5.41) is 6.59. The zero-order valence-electron chi connectivity index (χ0n) is 9.14. The van der Waals surface area contributed by atoms with Gasteiger partial charge in [-0.25, -0.2) is 0 Å². The molecule has 1 atom stereocenters. The average Bonchev–Trinajstić information content (AvgIpc) is 2.61. The zero-order chi connectivity index (χ0) is 12.2. The first-order chi connectivity index (χ1) is 7.40. The maximum atomic E-state index is 11.9. The lowest BCUT2D eigenvalue weighted by Crippen LogP contribution is -2.24. The lowest BCUT2D eigenvalue weighted by molar-refractivity contribution is -0.134. The number of aryl methyl sites for hydroxylation is 1. The maximum Gasteiger partial charge on any atom is 0.389 e. The molecule has 0 fully saturated rings. The van der Waals surface area contributed by atoms with Crippen LogP contribution in [0.25, 0.3) is 0 Å². The summed E-state index contributed by atoms with van der Waals surface area (Å²) >= 11 is 0. The number of likely N-dealkylation sites (N-methyl/N-ethyl adjacent to an activating group) is 1. The van der Waals surface area contributed by atoms with Crippen LogP contribution in [0.2, 0.25) is 0 Å². The lowest BCUT2D eigenvalue weighted by atomic mass is 10.2. The fraction of sp³-hybridized carbons (Fsp3) is 0.778. The van der Waals surface area contributed by atoms with E-state index in [0.29, 0.717) is 12.2 Å². The van der Waals surface area contributed by atoms with Crippen molar-refractivity contribution in [3.05, 3.63) is 11.7 Å². The van der Waals surface area contributed by atoms with Crippen LogP contribution < -0.4 is 5.32 Å². The number of hydrogen-bond acceptors (Lipinski definition) is 4. The van der Waals surface area contributed by atoms with Crippen LogP contribution in [0.3, 0.4) is 0 Å². The molecule has 1 heterocycles. The molecule has 1 aromatic rings. The molecule has 0 saturated carbocycles. The lowest BCUT2D eigenvalue weighted by Gasteiger charge is -2.04. The first-order valence-corrected chi connectivity index (χ1v) is 4.96. The highest BCUT2D eigenvalue weighted by atomic mass is 19.4. The fourth-order valence-corrected chi connectivity index (χ4v) is 1.10. The summed E-state index contributed by atoms with van der Waals surface area (Å²) in [6.07, 6.45) is -4.85. The molecule has 0 spiro atoms. The van der Waals surface area contributed by atoms with E-state index in [1.165, 1.54) is 0 Å². The van der Waals surface area contributed by atoms with E-state index >= 15 is 0 Å². The summed E-state index contributed by atoms with van der Waals surface area (Å²) < 4.78 is 40.5. The Hall–Kier alpha value is -1.11. The van der Waals surface area contributed by atoms with Crippen LogP contribution in [0.5, 0.6) is 0 Å². The summed E-state index contributed by atoms with van der Waals surface area (Å²) in [6.45, 7) is 1.92. The van der Waals surface area contributed by atoms with E-state index in [1.807, 2.05) is 6.92 Å². The van der Waals surface area contributed by atoms with Crippen molar-refractivity contribution in [2.75, 3.05) is 7.05 Å². The van der Waals surface area contributed by atoms with Gasteiger partial charge in [-0.3, -0.25) is 0 Å². The third kappa shape index (κ3) is 4.61. The molecule has 0 amide bonds. The van der Waals surface area contributed by atoms with Crippen molar-refractivity contribution in [2.24, 2.45) is 0 Å². The van der Waals surface area contributed by atoms with Gasteiger partial charge in [-0.05, 0) is 14.0 Å². The minimum atomic E-state index is -4.19. The van der Waals surface area contributed by atoms with E-state index < -0.39 is 12.6 Å². The van der Waals surface area contributed by atoms with Gasteiger partial charge in [0.15, 0.2) is 5.82 Å². The molecular formula is C9H14F3N3O. The molecule has 1 N–H and O–H groups in total. The maximum absolute atomic E-state index is 11.9. The van der Waals surface area contributed by atoms with Crippen molar-refractivity contribution >= 4 is 0 Å². The molecule has 92 valence electrons. The van der Waals surface area contributed by atoms with Crippen LogP contribution >= 0.6 is 0 Å². The highest BCUT2D eigenvalue weighted by Crippen LogP contribution is 2.21. The highest BCUT2D eigenvalue weighted by molar-refractivity contribution is 4.89. The van der Waals surface area contributed by atoms with Crippen molar-refractivity contribution < 1.29 is 17.7 Å². The molecule has 0 bridgehead atoms. The van der Waals surface area contributed by atoms with E-state index in [-0.39, 0.29) is 18.4 Å². The molecular weight excluding hydrogens is 223 g/mol. The van der Waals surface area contributed by atoms with Gasteiger partial charge in [0.25, 0.3) is 0 Å². The number of rotatable bonds is 5. The Labute approximate surface area is 91.2 Å². The molecule has 0 aliphatic carbocycles. The molecule has 0 aliphatic rings. The molecule has 7 heteroatoms. The summed E-state index contributed by atoms with van der Waals surface area (Å²) in [5.41, 5.74) is 0. The first kappa shape index (κ1) is 13.0. The van der Waals surface area contributed by atoms with Crippen LogP contribution in [0.15, 0.2) is 4.52 Å². The summed E-state index contributed by atoms with van der Waals surface area (Å²) in [6, 6.07) is 0.160. The number of nitrogens with zero attached hydrogens (tertiary/aromatic N) is 2. The number of aromatic nitrogens is 2. The molecule has 4 nitrogen and oxygen atoms in total. The molecule has 0 saturated heterocycles. The topological polar surface area (TPSA) is 51.0 Å². The third-order valence-corrected chi connectivity index (χ3v) is 2.11. The van der Waals surface area contributed by atoms with E-state index in [9.17, 15) is 13.2 Å². The Bertz CT molecular complexity index is 324. The van der Waals surface area contributed by atoms with E-state index in [0.717, 1.165) is 0 Å². The first-order valence-electron chi connectivity index (χ1n) is 4.96. The smallest absolute Gasteiger partial charge is 0.339 e. The largest absolute Gasteiger partial charge is 0.389 e. The van der Waals surface area contributed by atoms with Gasteiger partial charge in [0, 0.05) is 18.9 Å². The average molecular weight is 237 g/mol. The van der Waals surface area contributed by atoms with Crippen LogP contribution in [0.1, 0.15) is 25.1 Å². The van der Waals surface area contributed by atoms with Crippen LogP contribution in [-0.4, -0.2) is 29.4 Å². The van der Waals surface area contributed by atoms with Gasteiger partial charge in [0.2, 0.25) is 5.89 Å². The van der Waals surface area contributed by atoms with Crippen LogP contribution in [0.4, 0.5) is 13.2 Å². The highest BCUT2D eigenvalue weighted by Gasteiger charge is 2.27. The number of alkyl halides is 3. The normalized spacial score (nSPS) is 14.1. The van der Waals surface area contributed by atoms with Gasteiger partial charge in [-0.1, -0.05) is 5.16 Å². The number of halogens is 3. The second kappa shape index (κ2) is 5.29. The van der Waals surface area contributed by atoms with Crippen molar-refractivity contribution in [2.45, 2.75) is 38.4 Å². The number of nitrogens with one attached hydrogen (secondary N) is 1. The molecule has 1 unspecified atom stereocenters. The van der Waals surface area contributed by atoms with E-state index in [1.54, 1.807) is 7.05 Å². The van der Waals surface area contributed by atoms with Crippen molar-refractivity contribution in [1.29, 1.82) is 0 Å². The predicted octanol–water partition coefficient (Wildman–Crippen LogP) is 1.71. The van der Waals surface area contributed by atoms with Crippen molar-refractivity contribution in [3.63, 3.8) is 0 Å². The predicted molar refractivity (Wildman–Crippen MR) is 50.9 cm³/mol. The van der Waals surface area contributed by atoms with Gasteiger partial charge in [-0.15, -0.1) is 0 Å². The quantitative estimate of drug-likeness (QED) is 0.847. The van der Waals surface area contributed by atoms with Gasteiger partial charge >= 0.3 is 6.18 Å². The zero-order valence-corrected chi connectivity index (χ0v) is 9.14. The van der Waals surface area contributed by atoms with Crippen molar-refractivity contribution in [3.8, 4) is 0 Å². The standard InChI is InChI=1S/C9H14F3N3O/c1-6(13-2)5-7-14-8(16-15-7)3-4-9(10,11)12/h6,13H,3-5H2,1-2H3. The number of hydrogen-bond donors (Lipinski definition) is 1. The second-order valence-corrected chi connectivity index (χ2v) is 3.61. The molecule has 0 aromatic carbocycles. The van der Waals surface area contributed by atoms with Crippen LogP contribution in [0, 0.1) is 0 Å². The molecule has 16 heavy (non-hydrogen) atoms. The summed E-state index contributed by atoms with van der Waals surface area (Å²) in [4.78, 5) is 3.88. The Morgan fingerprint density at radius 3 is 2.69 bits per heavy atom. The minimum absolute atomic E-state index is 0.0376. The second-order valence-electron chi connectivity index (χ2n) is 3.61. The van der Waals surface area contributed by atoms with E-state index in [4.69, 9.17) is 4.52 Å². The molecule has 1 rings (SSSR count). The van der Waals surface area contributed by atoms with Gasteiger partial charge in [-0.2, -0.15) is 18.2 Å². The molecule has 0 radical (unpaired) electrons. The monoisotopic (exact) mass is 237 g/mol. The van der Waals surface area contributed by atoms with Gasteiger partial charge in [0.1, 0.15) is 0 Å². The molecule has 0 aliphatic heterocycles. The Morgan fingerprint density at radius 1 is 1.44 bits per heavy atom. The van der Waals surface area contributed by atoms with Gasteiger partial charge < -0.3 is 9.84 Å². The van der Waals surface area contributed by atoms with Crippen molar-refractivity contribution in [1.82, 2.24) is 15.5 Å². The fourth-order valence-electron chi connectivity index (χ4n) is 1.10. The Balaban J connectivity index is 2.45. The van der Waals surface area contributed by atoms with E-state index in [2.05, 4.69) is 15.5 Å². The summed E-state index contributed by atoms with van der Waals surface area (Å²) in [5.74, 6) is 0.467. The Morgan fingerprint density at radius 2 is 2.12 bits per heavy atom.